The Hall–Kier alpha value is -2.91. The van der Waals surface area contributed by atoms with Gasteiger partial charge in [-0.1, -0.05) is 26.3 Å². The predicted octanol–water partition coefficient (Wildman–Crippen LogP) is 5.21. The quantitative estimate of drug-likeness (QED) is 0.375. The molecule has 2 heterocycles. The number of carboxylic acids is 1. The van der Waals surface area contributed by atoms with Crippen molar-refractivity contribution in [1.82, 2.24) is 0 Å². The molecule has 194 valence electrons. The van der Waals surface area contributed by atoms with E-state index in [1.165, 1.54) is 0 Å². The van der Waals surface area contributed by atoms with Gasteiger partial charge in [-0.05, 0) is 51.3 Å². The van der Waals surface area contributed by atoms with Gasteiger partial charge in [0.1, 0.15) is 5.75 Å². The fourth-order valence-corrected chi connectivity index (χ4v) is 6.22. The van der Waals surface area contributed by atoms with Crippen molar-refractivity contribution < 1.29 is 32.4 Å². The van der Waals surface area contributed by atoms with Crippen molar-refractivity contribution in [3.8, 4) is 5.75 Å². The van der Waals surface area contributed by atoms with E-state index in [0.717, 1.165) is 35.2 Å². The Morgan fingerprint density at radius 2 is 1.83 bits per heavy atom. The van der Waals surface area contributed by atoms with Crippen LogP contribution >= 0.6 is 0 Å². The van der Waals surface area contributed by atoms with Crippen molar-refractivity contribution in [1.29, 1.82) is 0 Å². The number of anilines is 1. The maximum Gasteiger partial charge on any atom is 0.303 e. The van der Waals surface area contributed by atoms with Crippen LogP contribution < -0.4 is 9.64 Å². The molecule has 36 heavy (non-hydrogen) atoms. The van der Waals surface area contributed by atoms with Crippen LogP contribution in [0.5, 0.6) is 5.75 Å². The molecule has 1 aromatic rings. The van der Waals surface area contributed by atoms with E-state index in [1.807, 2.05) is 32.1 Å². The summed E-state index contributed by atoms with van der Waals surface area (Å²) in [6, 6.07) is 3.89. The number of ether oxygens (including phenoxy) is 1. The van der Waals surface area contributed by atoms with Crippen molar-refractivity contribution in [2.45, 2.75) is 72.3 Å². The van der Waals surface area contributed by atoms with Gasteiger partial charge in [-0.2, -0.15) is 8.42 Å². The Bertz CT molecular complexity index is 1350. The summed E-state index contributed by atoms with van der Waals surface area (Å²) in [4.78, 5) is 25.1. The van der Waals surface area contributed by atoms with Crippen molar-refractivity contribution in [3.05, 3.63) is 45.6 Å². The zero-order valence-corrected chi connectivity index (χ0v) is 22.2. The van der Waals surface area contributed by atoms with Crippen molar-refractivity contribution >= 4 is 39.2 Å². The number of carbonyl (C=O) groups excluding carboxylic acids is 1. The molecule has 2 N–H and O–H groups in total. The minimum Gasteiger partial charge on any atom is -0.481 e. The lowest BCUT2D eigenvalue weighted by molar-refractivity contribution is -0.137. The van der Waals surface area contributed by atoms with Crippen LogP contribution in [0.25, 0.3) is 11.6 Å². The molecule has 0 saturated carbocycles. The molecular formula is C27H33NO7S. The second-order valence-corrected chi connectivity index (χ2v) is 12.4. The molecule has 3 aliphatic rings. The average molecular weight is 516 g/mol. The molecule has 8 nitrogen and oxygen atoms in total. The summed E-state index contributed by atoms with van der Waals surface area (Å²) < 4.78 is 40.2. The molecule has 2 aliphatic heterocycles. The first kappa shape index (κ1) is 26.2. The van der Waals surface area contributed by atoms with Crippen LogP contribution in [0.2, 0.25) is 0 Å². The number of rotatable bonds is 7. The number of hydrogen-bond donors (Lipinski definition) is 2. The lowest BCUT2D eigenvalue weighted by Crippen LogP contribution is -2.45. The maximum absolute atomic E-state index is 12.7. The summed E-state index contributed by atoms with van der Waals surface area (Å²) in [5.74, 6) is -1.15. The number of hydrogen-bond acceptors (Lipinski definition) is 6. The number of nitrogens with zero attached hydrogens (tertiary/aromatic N) is 1. The number of aliphatic carboxylic acids is 1. The monoisotopic (exact) mass is 515 g/mol. The van der Waals surface area contributed by atoms with Crippen LogP contribution in [-0.4, -0.2) is 41.9 Å². The number of unbranched alkanes of at least 4 members (excludes halogenated alkanes) is 2. The topological polar surface area (TPSA) is 121 Å². The van der Waals surface area contributed by atoms with Gasteiger partial charge in [0.2, 0.25) is 0 Å². The molecule has 0 spiro atoms. The van der Waals surface area contributed by atoms with Gasteiger partial charge in [0.05, 0.1) is 5.54 Å². The highest BCUT2D eigenvalue weighted by Gasteiger charge is 2.45. The highest BCUT2D eigenvalue weighted by atomic mass is 32.2. The number of benzene rings is 1. The normalized spacial score (nSPS) is 20.1. The third-order valence-corrected chi connectivity index (χ3v) is 8.12. The Labute approximate surface area is 212 Å². The highest BCUT2D eigenvalue weighted by Crippen LogP contribution is 2.50. The summed E-state index contributed by atoms with van der Waals surface area (Å²) in [6.45, 7) is 10.7. The molecule has 9 heteroatoms. The molecule has 1 aromatic carbocycles. The fraction of sp³-hybridized carbons (Fsp3) is 0.481. The van der Waals surface area contributed by atoms with Crippen LogP contribution in [0.1, 0.15) is 77.8 Å². The predicted molar refractivity (Wildman–Crippen MR) is 138 cm³/mol. The third-order valence-electron chi connectivity index (χ3n) is 7.19. The van der Waals surface area contributed by atoms with Crippen molar-refractivity contribution in [2.75, 3.05) is 11.4 Å². The van der Waals surface area contributed by atoms with Gasteiger partial charge in [-0.25, -0.2) is 0 Å². The molecule has 0 saturated heterocycles. The van der Waals surface area contributed by atoms with Gasteiger partial charge >= 0.3 is 16.1 Å². The molecule has 0 fully saturated rings. The number of Topliss-reactive ketones (excluding diaryl/α,β-unsaturated/α-hetero) is 1. The molecule has 1 aliphatic carbocycles. The standard InChI is InChI=1S/C27H33NO7S/c1-16-14-27(4,5)28(10-8-6-7-9-23(30)31)20-13-22-17(11-18(16)20)12-19-24(35-22)25(36(32,33)34)21(29)15-26(19,2)3/h11-14H,6-10,15H2,1-5H3,(H,30,31)(H,32,33,34). The number of allylic oxidation sites excluding steroid dienone is 3. The molecule has 0 aromatic heterocycles. The van der Waals surface area contributed by atoms with Crippen LogP contribution in [0.15, 0.2) is 34.4 Å². The van der Waals surface area contributed by atoms with Crippen molar-refractivity contribution in [2.24, 2.45) is 5.41 Å². The number of carbonyl (C=O) groups is 2. The molecule has 0 amide bonds. The summed E-state index contributed by atoms with van der Waals surface area (Å²) in [5, 5.41) is 8.90. The summed E-state index contributed by atoms with van der Waals surface area (Å²) in [5.41, 5.74) is 3.43. The van der Waals surface area contributed by atoms with Gasteiger partial charge in [-0.3, -0.25) is 14.1 Å². The first-order valence-corrected chi connectivity index (χ1v) is 13.6. The molecule has 0 radical (unpaired) electrons. The number of fused-ring (bicyclic) bond motifs is 3. The average Bonchev–Trinajstić information content (AvgIpc) is 2.71. The van der Waals surface area contributed by atoms with Gasteiger partial charge in [0, 0.05) is 53.3 Å². The zero-order valence-electron chi connectivity index (χ0n) is 21.3. The van der Waals surface area contributed by atoms with E-state index >= 15 is 0 Å². The Balaban J connectivity index is 1.79. The molecular weight excluding hydrogens is 482 g/mol. The van der Waals surface area contributed by atoms with Gasteiger partial charge in [0.25, 0.3) is 0 Å². The molecule has 0 bridgehead atoms. The van der Waals surface area contributed by atoms with Crippen LogP contribution in [0.3, 0.4) is 0 Å². The van der Waals surface area contributed by atoms with Crippen LogP contribution in [0, 0.1) is 5.41 Å². The fourth-order valence-electron chi connectivity index (χ4n) is 5.48. The molecule has 0 unspecified atom stereocenters. The smallest absolute Gasteiger partial charge is 0.303 e. The van der Waals surface area contributed by atoms with E-state index in [-0.39, 0.29) is 24.1 Å². The van der Waals surface area contributed by atoms with E-state index < -0.39 is 32.2 Å². The number of carboxylic acid groups (broad SMARTS) is 1. The van der Waals surface area contributed by atoms with E-state index in [1.54, 1.807) is 0 Å². The molecule has 0 atom stereocenters. The first-order chi connectivity index (χ1) is 16.6. The van der Waals surface area contributed by atoms with Crippen LogP contribution in [-0.2, 0) is 19.7 Å². The van der Waals surface area contributed by atoms with E-state index in [4.69, 9.17) is 9.84 Å². The van der Waals surface area contributed by atoms with E-state index in [9.17, 15) is 22.6 Å². The van der Waals surface area contributed by atoms with Gasteiger partial charge in [-0.15, -0.1) is 0 Å². The van der Waals surface area contributed by atoms with Gasteiger partial charge < -0.3 is 14.7 Å². The number of ketones is 1. The minimum absolute atomic E-state index is 0.0517. The largest absolute Gasteiger partial charge is 0.481 e. The van der Waals surface area contributed by atoms with Crippen molar-refractivity contribution in [3.63, 3.8) is 0 Å². The van der Waals surface area contributed by atoms with Crippen LogP contribution in [0.4, 0.5) is 5.69 Å². The van der Waals surface area contributed by atoms with Gasteiger partial charge in [0.15, 0.2) is 16.4 Å². The Morgan fingerprint density at radius 3 is 2.47 bits per heavy atom. The minimum atomic E-state index is -4.77. The first-order valence-electron chi connectivity index (χ1n) is 12.1. The second-order valence-electron chi connectivity index (χ2n) is 11.0. The zero-order chi connectivity index (χ0) is 26.6. The van der Waals surface area contributed by atoms with E-state index in [2.05, 4.69) is 31.7 Å². The summed E-state index contributed by atoms with van der Waals surface area (Å²) in [6.07, 6.45) is 6.37. The molecule has 4 rings (SSSR count). The highest BCUT2D eigenvalue weighted by molar-refractivity contribution is 7.90. The van der Waals surface area contributed by atoms with E-state index in [0.29, 0.717) is 24.3 Å². The summed E-state index contributed by atoms with van der Waals surface area (Å²) in [7, 11) is -4.77. The Morgan fingerprint density at radius 1 is 1.14 bits per heavy atom. The lowest BCUT2D eigenvalue weighted by Gasteiger charge is -2.44. The lowest BCUT2D eigenvalue weighted by atomic mass is 9.73. The summed E-state index contributed by atoms with van der Waals surface area (Å²) >= 11 is 0. The second kappa shape index (κ2) is 8.88. The third kappa shape index (κ3) is 4.74. The SMILES string of the molecule is CC1=CC(C)(C)N(CCCCCC(=O)O)c2cc3c(cc21)C=C1C(=C(S(=O)(=O)O)C(=O)CC1(C)C)O3. The maximum atomic E-state index is 12.7. The Kier molecular flexibility index (Phi) is 6.46.